The van der Waals surface area contributed by atoms with Crippen molar-refractivity contribution in [3.8, 4) is 0 Å². The first kappa shape index (κ1) is 10.5. The van der Waals surface area contributed by atoms with Crippen LogP contribution in [-0.4, -0.2) is 25.7 Å². The van der Waals surface area contributed by atoms with E-state index in [2.05, 4.69) is 14.5 Å². The third kappa shape index (κ3) is 1.76. The molecule has 0 atom stereocenters. The summed E-state index contributed by atoms with van der Waals surface area (Å²) in [4.78, 5) is 8.38. The normalized spacial score (nSPS) is 25.2. The summed E-state index contributed by atoms with van der Waals surface area (Å²) in [5.41, 5.74) is 7.86. The SMILES string of the molecule is Nc1nc2cnccc2n1C1CCC(O)CC1. The van der Waals surface area contributed by atoms with Crippen molar-refractivity contribution in [3.63, 3.8) is 0 Å². The number of hydrogen-bond acceptors (Lipinski definition) is 4. The first-order valence-electron chi connectivity index (χ1n) is 6.01. The molecule has 0 saturated heterocycles. The number of aliphatic hydroxyl groups excluding tert-OH is 1. The fourth-order valence-corrected chi connectivity index (χ4v) is 2.67. The van der Waals surface area contributed by atoms with Gasteiger partial charge in [-0.25, -0.2) is 4.98 Å². The lowest BCUT2D eigenvalue weighted by molar-refractivity contribution is 0.112. The van der Waals surface area contributed by atoms with E-state index in [4.69, 9.17) is 5.73 Å². The first-order chi connectivity index (χ1) is 8.25. The van der Waals surface area contributed by atoms with Gasteiger partial charge in [-0.3, -0.25) is 4.98 Å². The molecule has 3 rings (SSSR count). The predicted octanol–water partition coefficient (Wildman–Crippen LogP) is 1.49. The van der Waals surface area contributed by atoms with Crippen molar-refractivity contribution in [1.82, 2.24) is 14.5 Å². The Morgan fingerprint density at radius 1 is 1.29 bits per heavy atom. The molecule has 1 fully saturated rings. The summed E-state index contributed by atoms with van der Waals surface area (Å²) < 4.78 is 2.09. The summed E-state index contributed by atoms with van der Waals surface area (Å²) in [7, 11) is 0. The maximum absolute atomic E-state index is 9.54. The average molecular weight is 232 g/mol. The molecule has 3 N–H and O–H groups in total. The number of anilines is 1. The highest BCUT2D eigenvalue weighted by molar-refractivity contribution is 5.77. The van der Waals surface area contributed by atoms with E-state index in [1.807, 2.05) is 6.07 Å². The fraction of sp³-hybridized carbons (Fsp3) is 0.500. The molecule has 17 heavy (non-hydrogen) atoms. The molecule has 0 spiro atoms. The molecule has 90 valence electrons. The predicted molar refractivity (Wildman–Crippen MR) is 65.5 cm³/mol. The third-order valence-electron chi connectivity index (χ3n) is 3.55. The van der Waals surface area contributed by atoms with Crippen LogP contribution in [0.25, 0.3) is 11.0 Å². The van der Waals surface area contributed by atoms with Crippen LogP contribution in [0.4, 0.5) is 5.95 Å². The van der Waals surface area contributed by atoms with Crippen molar-refractivity contribution in [2.24, 2.45) is 0 Å². The zero-order chi connectivity index (χ0) is 11.8. The maximum atomic E-state index is 9.54. The van der Waals surface area contributed by atoms with Crippen molar-refractivity contribution in [2.45, 2.75) is 37.8 Å². The maximum Gasteiger partial charge on any atom is 0.201 e. The quantitative estimate of drug-likeness (QED) is 0.781. The Morgan fingerprint density at radius 2 is 2.06 bits per heavy atom. The van der Waals surface area contributed by atoms with E-state index in [0.29, 0.717) is 12.0 Å². The first-order valence-corrected chi connectivity index (χ1v) is 6.01. The van der Waals surface area contributed by atoms with Gasteiger partial charge in [0, 0.05) is 12.2 Å². The topological polar surface area (TPSA) is 77.0 Å². The van der Waals surface area contributed by atoms with Gasteiger partial charge >= 0.3 is 0 Å². The number of hydrogen-bond donors (Lipinski definition) is 2. The van der Waals surface area contributed by atoms with E-state index in [1.54, 1.807) is 12.4 Å². The zero-order valence-corrected chi connectivity index (χ0v) is 9.58. The van der Waals surface area contributed by atoms with E-state index in [-0.39, 0.29) is 6.10 Å². The number of imidazole rings is 1. The Labute approximate surface area is 99.3 Å². The monoisotopic (exact) mass is 232 g/mol. The Morgan fingerprint density at radius 3 is 2.82 bits per heavy atom. The molecule has 0 bridgehead atoms. The summed E-state index contributed by atoms with van der Waals surface area (Å²) in [5.74, 6) is 0.550. The van der Waals surface area contributed by atoms with Crippen molar-refractivity contribution in [2.75, 3.05) is 5.73 Å². The molecule has 2 heterocycles. The Balaban J connectivity index is 2.02. The zero-order valence-electron chi connectivity index (χ0n) is 9.58. The minimum atomic E-state index is -0.149. The van der Waals surface area contributed by atoms with Crippen molar-refractivity contribution >= 4 is 17.0 Å². The van der Waals surface area contributed by atoms with Crippen LogP contribution in [0.3, 0.4) is 0 Å². The second-order valence-electron chi connectivity index (χ2n) is 4.67. The van der Waals surface area contributed by atoms with Gasteiger partial charge in [-0.15, -0.1) is 0 Å². The lowest BCUT2D eigenvalue weighted by atomic mass is 9.93. The van der Waals surface area contributed by atoms with Gasteiger partial charge in [0.2, 0.25) is 5.95 Å². The molecular formula is C12H16N4O. The highest BCUT2D eigenvalue weighted by Crippen LogP contribution is 2.33. The number of aromatic nitrogens is 3. The number of nitrogens with two attached hydrogens (primary N) is 1. The summed E-state index contributed by atoms with van der Waals surface area (Å²) in [5, 5.41) is 9.54. The van der Waals surface area contributed by atoms with Gasteiger partial charge in [0.15, 0.2) is 0 Å². The molecule has 1 saturated carbocycles. The van der Waals surface area contributed by atoms with Crippen LogP contribution < -0.4 is 5.73 Å². The fourth-order valence-electron chi connectivity index (χ4n) is 2.67. The van der Waals surface area contributed by atoms with E-state index in [9.17, 15) is 5.11 Å². The molecule has 0 aliphatic heterocycles. The van der Waals surface area contributed by atoms with Gasteiger partial charge in [0.1, 0.15) is 5.52 Å². The van der Waals surface area contributed by atoms with Crippen molar-refractivity contribution in [1.29, 1.82) is 0 Å². The summed E-state index contributed by atoms with van der Waals surface area (Å²) in [6.45, 7) is 0. The highest BCUT2D eigenvalue weighted by atomic mass is 16.3. The van der Waals surface area contributed by atoms with Crippen molar-refractivity contribution < 1.29 is 5.11 Å². The van der Waals surface area contributed by atoms with Crippen LogP contribution in [0.15, 0.2) is 18.5 Å². The molecule has 0 aromatic carbocycles. The Hall–Kier alpha value is -1.62. The van der Waals surface area contributed by atoms with Crippen LogP contribution >= 0.6 is 0 Å². The molecule has 5 heteroatoms. The second-order valence-corrected chi connectivity index (χ2v) is 4.67. The van der Waals surface area contributed by atoms with E-state index in [0.717, 1.165) is 36.7 Å². The van der Waals surface area contributed by atoms with Crippen LogP contribution in [0.2, 0.25) is 0 Å². The standard InChI is InChI=1S/C12H16N4O/c13-12-15-10-7-14-6-5-11(10)16(12)8-1-3-9(17)4-2-8/h5-9,17H,1-4H2,(H2,13,15). The van der Waals surface area contributed by atoms with E-state index >= 15 is 0 Å². The molecule has 2 aromatic rings. The molecule has 1 aliphatic carbocycles. The molecule has 0 radical (unpaired) electrons. The average Bonchev–Trinajstić information content (AvgIpc) is 2.66. The minimum Gasteiger partial charge on any atom is -0.393 e. The van der Waals surface area contributed by atoms with Gasteiger partial charge in [-0.05, 0) is 31.7 Å². The van der Waals surface area contributed by atoms with Crippen molar-refractivity contribution in [3.05, 3.63) is 18.5 Å². The summed E-state index contributed by atoms with van der Waals surface area (Å²) in [6.07, 6.45) is 6.95. The molecule has 2 aromatic heterocycles. The largest absolute Gasteiger partial charge is 0.393 e. The number of aliphatic hydroxyl groups is 1. The highest BCUT2D eigenvalue weighted by Gasteiger charge is 2.23. The number of rotatable bonds is 1. The number of nitrogens with zero attached hydrogens (tertiary/aromatic N) is 3. The van der Waals surface area contributed by atoms with Crippen LogP contribution in [0.1, 0.15) is 31.7 Å². The van der Waals surface area contributed by atoms with E-state index in [1.165, 1.54) is 0 Å². The third-order valence-corrected chi connectivity index (χ3v) is 3.55. The molecular weight excluding hydrogens is 216 g/mol. The van der Waals surface area contributed by atoms with Gasteiger partial charge in [0.25, 0.3) is 0 Å². The van der Waals surface area contributed by atoms with Crippen LogP contribution in [0.5, 0.6) is 0 Å². The number of pyridine rings is 1. The smallest absolute Gasteiger partial charge is 0.201 e. The van der Waals surface area contributed by atoms with Gasteiger partial charge in [0.05, 0.1) is 17.8 Å². The molecule has 5 nitrogen and oxygen atoms in total. The molecule has 0 amide bonds. The van der Waals surface area contributed by atoms with Gasteiger partial charge < -0.3 is 15.4 Å². The second kappa shape index (κ2) is 4.00. The number of fused-ring (bicyclic) bond motifs is 1. The van der Waals surface area contributed by atoms with E-state index < -0.39 is 0 Å². The Kier molecular flexibility index (Phi) is 2.48. The summed E-state index contributed by atoms with van der Waals surface area (Å²) >= 11 is 0. The van der Waals surface area contributed by atoms with Crippen LogP contribution in [-0.2, 0) is 0 Å². The molecule has 0 unspecified atom stereocenters. The lowest BCUT2D eigenvalue weighted by Gasteiger charge is -2.27. The van der Waals surface area contributed by atoms with Gasteiger partial charge in [-0.2, -0.15) is 0 Å². The minimum absolute atomic E-state index is 0.149. The summed E-state index contributed by atoms with van der Waals surface area (Å²) in [6, 6.07) is 2.30. The van der Waals surface area contributed by atoms with Gasteiger partial charge in [-0.1, -0.05) is 0 Å². The van der Waals surface area contributed by atoms with Crippen LogP contribution in [0, 0.1) is 0 Å². The molecule has 1 aliphatic rings. The lowest BCUT2D eigenvalue weighted by Crippen LogP contribution is -2.22. The number of nitrogen functional groups attached to an aromatic ring is 1. The Bertz CT molecular complexity index is 528.